The van der Waals surface area contributed by atoms with Crippen molar-refractivity contribution < 1.29 is 23.1 Å². The second-order valence-corrected chi connectivity index (χ2v) is 4.38. The third-order valence-electron chi connectivity index (χ3n) is 1.80. The Kier molecular flexibility index (Phi) is 5.43. The summed E-state index contributed by atoms with van der Waals surface area (Å²) in [6.45, 7) is 1.65. The molecular weight excluding hydrogens is 252 g/mol. The molecular formula is C10H13F2NO3S. The number of amides is 1. The summed E-state index contributed by atoms with van der Waals surface area (Å²) in [7, 11) is 0. The van der Waals surface area contributed by atoms with Gasteiger partial charge in [0.2, 0.25) is 0 Å². The van der Waals surface area contributed by atoms with Crippen molar-refractivity contribution in [3.63, 3.8) is 0 Å². The summed E-state index contributed by atoms with van der Waals surface area (Å²) in [4.78, 5) is 11.4. The average Bonchev–Trinajstić information content (AvgIpc) is 2.71. The minimum Gasteiger partial charge on any atom is -0.455 e. The van der Waals surface area contributed by atoms with E-state index < -0.39 is 17.8 Å². The first kappa shape index (κ1) is 14.0. The molecule has 2 N–H and O–H groups in total. The molecule has 0 bridgehead atoms. The molecule has 1 atom stereocenters. The van der Waals surface area contributed by atoms with Gasteiger partial charge in [0, 0.05) is 6.54 Å². The van der Waals surface area contributed by atoms with Crippen LogP contribution in [-0.2, 0) is 5.75 Å². The quantitative estimate of drug-likeness (QED) is 0.824. The van der Waals surface area contributed by atoms with Crippen LogP contribution in [0.15, 0.2) is 16.5 Å². The van der Waals surface area contributed by atoms with Crippen LogP contribution < -0.4 is 5.32 Å². The third kappa shape index (κ3) is 5.18. The van der Waals surface area contributed by atoms with Crippen molar-refractivity contribution in [2.24, 2.45) is 0 Å². The molecule has 1 rings (SSSR count). The first-order valence-corrected chi connectivity index (χ1v) is 5.98. The van der Waals surface area contributed by atoms with Crippen molar-refractivity contribution in [1.82, 2.24) is 5.32 Å². The first-order valence-electron chi connectivity index (χ1n) is 4.93. The van der Waals surface area contributed by atoms with Gasteiger partial charge in [-0.25, -0.2) is 0 Å². The number of carbonyl (C=O) groups excluding carboxylic acids is 1. The lowest BCUT2D eigenvalue weighted by Crippen LogP contribution is -2.30. The van der Waals surface area contributed by atoms with Crippen LogP contribution in [0, 0.1) is 0 Å². The zero-order valence-electron chi connectivity index (χ0n) is 9.15. The van der Waals surface area contributed by atoms with Crippen molar-refractivity contribution in [1.29, 1.82) is 0 Å². The van der Waals surface area contributed by atoms with Crippen LogP contribution in [-0.4, -0.2) is 29.4 Å². The van der Waals surface area contributed by atoms with Gasteiger partial charge in [0.1, 0.15) is 5.76 Å². The standard InChI is InChI=1S/C10H13F2NO3S/c1-6(14)4-13-9(15)8-3-2-7(16-8)5-17-10(11)12/h2-3,6,10,14H,4-5H2,1H3,(H,13,15)/t6-/m1/s1. The van der Waals surface area contributed by atoms with Crippen LogP contribution in [0.4, 0.5) is 8.78 Å². The lowest BCUT2D eigenvalue weighted by Gasteiger charge is -2.04. The van der Waals surface area contributed by atoms with Gasteiger partial charge in [-0.15, -0.1) is 0 Å². The number of halogens is 2. The van der Waals surface area contributed by atoms with Gasteiger partial charge in [-0.05, 0) is 19.1 Å². The molecule has 1 amide bonds. The van der Waals surface area contributed by atoms with E-state index in [9.17, 15) is 13.6 Å². The van der Waals surface area contributed by atoms with Gasteiger partial charge in [-0.3, -0.25) is 4.79 Å². The molecule has 17 heavy (non-hydrogen) atoms. The van der Waals surface area contributed by atoms with Gasteiger partial charge in [0.05, 0.1) is 11.9 Å². The van der Waals surface area contributed by atoms with Crippen LogP contribution in [0.1, 0.15) is 23.2 Å². The Bertz CT molecular complexity index is 368. The molecule has 0 saturated heterocycles. The van der Waals surface area contributed by atoms with Gasteiger partial charge in [0.25, 0.3) is 11.7 Å². The van der Waals surface area contributed by atoms with E-state index in [1.807, 2.05) is 0 Å². The molecule has 0 aliphatic heterocycles. The van der Waals surface area contributed by atoms with E-state index >= 15 is 0 Å². The molecule has 0 unspecified atom stereocenters. The predicted molar refractivity (Wildman–Crippen MR) is 60.0 cm³/mol. The second-order valence-electron chi connectivity index (χ2n) is 3.40. The number of nitrogens with one attached hydrogen (secondary N) is 1. The second kappa shape index (κ2) is 6.61. The maximum Gasteiger partial charge on any atom is 0.287 e. The maximum atomic E-state index is 11.9. The van der Waals surface area contributed by atoms with Crippen molar-refractivity contribution >= 4 is 17.7 Å². The Labute approximate surface area is 101 Å². The highest BCUT2D eigenvalue weighted by molar-refractivity contribution is 7.98. The lowest BCUT2D eigenvalue weighted by molar-refractivity contribution is 0.0895. The summed E-state index contributed by atoms with van der Waals surface area (Å²) in [6, 6.07) is 2.89. The molecule has 0 aliphatic carbocycles. The molecule has 1 aromatic heterocycles. The molecule has 0 aliphatic rings. The van der Waals surface area contributed by atoms with Crippen LogP contribution in [0.5, 0.6) is 0 Å². The summed E-state index contributed by atoms with van der Waals surface area (Å²) in [5, 5.41) is 11.4. The number of furan rings is 1. The lowest BCUT2D eigenvalue weighted by atomic mass is 10.3. The van der Waals surface area contributed by atoms with E-state index in [2.05, 4.69) is 5.32 Å². The molecule has 96 valence electrons. The number of hydrogen-bond donors (Lipinski definition) is 2. The van der Waals surface area contributed by atoms with Crippen molar-refractivity contribution in [3.8, 4) is 0 Å². The molecule has 4 nitrogen and oxygen atoms in total. The summed E-state index contributed by atoms with van der Waals surface area (Å²) in [5.74, 6) is -2.55. The SMILES string of the molecule is C[C@@H](O)CNC(=O)c1ccc(CSC(F)F)o1. The summed E-state index contributed by atoms with van der Waals surface area (Å²) < 4.78 is 28.9. The molecule has 7 heteroatoms. The first-order chi connectivity index (χ1) is 7.99. The average molecular weight is 265 g/mol. The third-order valence-corrected chi connectivity index (χ3v) is 2.50. The van der Waals surface area contributed by atoms with Gasteiger partial charge in [0.15, 0.2) is 5.76 Å². The fourth-order valence-corrected chi connectivity index (χ4v) is 1.50. The van der Waals surface area contributed by atoms with E-state index in [1.54, 1.807) is 0 Å². The van der Waals surface area contributed by atoms with Crippen LogP contribution in [0.2, 0.25) is 0 Å². The van der Waals surface area contributed by atoms with Crippen molar-refractivity contribution in [3.05, 3.63) is 23.7 Å². The Morgan fingerprint density at radius 1 is 1.59 bits per heavy atom. The number of thioether (sulfide) groups is 1. The Morgan fingerprint density at radius 2 is 2.29 bits per heavy atom. The minimum absolute atomic E-state index is 0.0152. The number of alkyl halides is 2. The molecule has 0 spiro atoms. The van der Waals surface area contributed by atoms with Crippen LogP contribution in [0.25, 0.3) is 0 Å². The van der Waals surface area contributed by atoms with Crippen molar-refractivity contribution in [2.75, 3.05) is 6.54 Å². The highest BCUT2D eigenvalue weighted by Gasteiger charge is 2.12. The predicted octanol–water partition coefficient (Wildman–Crippen LogP) is 1.85. The van der Waals surface area contributed by atoms with Gasteiger partial charge >= 0.3 is 0 Å². The number of carbonyl (C=O) groups is 1. The van der Waals surface area contributed by atoms with E-state index in [0.717, 1.165) is 0 Å². The van der Waals surface area contributed by atoms with Crippen molar-refractivity contribution in [2.45, 2.75) is 24.5 Å². The van der Waals surface area contributed by atoms with E-state index in [1.165, 1.54) is 19.1 Å². The molecule has 0 fully saturated rings. The number of aliphatic hydroxyl groups excluding tert-OH is 1. The smallest absolute Gasteiger partial charge is 0.287 e. The fraction of sp³-hybridized carbons (Fsp3) is 0.500. The van der Waals surface area contributed by atoms with Gasteiger partial charge in [-0.1, -0.05) is 11.8 Å². The number of aliphatic hydroxyl groups is 1. The summed E-state index contributed by atoms with van der Waals surface area (Å²) in [6.07, 6.45) is -0.650. The highest BCUT2D eigenvalue weighted by atomic mass is 32.2. The Morgan fingerprint density at radius 3 is 2.88 bits per heavy atom. The summed E-state index contributed by atoms with van der Waals surface area (Å²) in [5.41, 5.74) is 0. The molecule has 1 aromatic rings. The Balaban J connectivity index is 2.46. The molecule has 0 saturated carbocycles. The monoisotopic (exact) mass is 265 g/mol. The van der Waals surface area contributed by atoms with E-state index in [-0.39, 0.29) is 18.1 Å². The topological polar surface area (TPSA) is 62.5 Å². The normalized spacial score (nSPS) is 12.8. The fourth-order valence-electron chi connectivity index (χ4n) is 1.05. The minimum atomic E-state index is -2.47. The number of hydrogen-bond acceptors (Lipinski definition) is 4. The van der Waals surface area contributed by atoms with Crippen LogP contribution in [0.3, 0.4) is 0 Å². The molecule has 0 radical (unpaired) electrons. The maximum absolute atomic E-state index is 11.9. The summed E-state index contributed by atoms with van der Waals surface area (Å²) >= 11 is 0.429. The molecule has 1 heterocycles. The van der Waals surface area contributed by atoms with E-state index in [0.29, 0.717) is 17.5 Å². The number of rotatable bonds is 6. The highest BCUT2D eigenvalue weighted by Crippen LogP contribution is 2.21. The zero-order valence-corrected chi connectivity index (χ0v) is 9.97. The molecule has 0 aromatic carbocycles. The van der Waals surface area contributed by atoms with Gasteiger partial charge < -0.3 is 14.8 Å². The van der Waals surface area contributed by atoms with Crippen LogP contribution >= 0.6 is 11.8 Å². The van der Waals surface area contributed by atoms with E-state index in [4.69, 9.17) is 9.52 Å². The zero-order chi connectivity index (χ0) is 12.8. The largest absolute Gasteiger partial charge is 0.455 e. The Hall–Kier alpha value is -1.08. The van der Waals surface area contributed by atoms with Gasteiger partial charge in [-0.2, -0.15) is 8.78 Å².